The molecule has 5 nitrogen and oxygen atoms in total. The molecule has 0 atom stereocenters. The van der Waals surface area contributed by atoms with Crippen LogP contribution in [0.4, 0.5) is 0 Å². The molecular formula is C13H15ClN2O3S. The molecule has 0 aromatic heterocycles. The SMILES string of the molecule is N#Cc1ccc(Cl)c(S(=O)(=O)NCC2(CCO)CC2)c1. The molecule has 1 fully saturated rings. The molecule has 0 unspecified atom stereocenters. The molecule has 1 saturated carbocycles. The summed E-state index contributed by atoms with van der Waals surface area (Å²) >= 11 is 5.90. The van der Waals surface area contributed by atoms with Crippen molar-refractivity contribution in [3.05, 3.63) is 28.8 Å². The molecule has 1 aliphatic carbocycles. The standard InChI is InChI=1S/C13H15ClN2O3S/c14-11-2-1-10(8-15)7-12(11)20(18,19)16-9-13(3-4-13)5-6-17/h1-2,7,16-17H,3-6,9H2. The lowest BCUT2D eigenvalue weighted by atomic mass is 10.0. The topological polar surface area (TPSA) is 90.2 Å². The second-order valence-electron chi connectivity index (χ2n) is 5.06. The molecule has 108 valence electrons. The highest BCUT2D eigenvalue weighted by Crippen LogP contribution is 2.48. The number of aliphatic hydroxyl groups excluding tert-OH is 1. The van der Waals surface area contributed by atoms with E-state index >= 15 is 0 Å². The number of sulfonamides is 1. The van der Waals surface area contributed by atoms with E-state index in [9.17, 15) is 8.42 Å². The average Bonchev–Trinajstić information content (AvgIpc) is 3.18. The summed E-state index contributed by atoms with van der Waals surface area (Å²) in [5.41, 5.74) is 0.118. The van der Waals surface area contributed by atoms with E-state index in [0.717, 1.165) is 12.8 Å². The molecular weight excluding hydrogens is 300 g/mol. The first kappa shape index (κ1) is 15.3. The number of nitrogens with one attached hydrogen (secondary N) is 1. The quantitative estimate of drug-likeness (QED) is 0.835. The Morgan fingerprint density at radius 2 is 2.15 bits per heavy atom. The summed E-state index contributed by atoms with van der Waals surface area (Å²) in [6, 6.07) is 6.01. The Bertz CT molecular complexity index is 648. The Morgan fingerprint density at radius 1 is 1.45 bits per heavy atom. The Morgan fingerprint density at radius 3 is 2.70 bits per heavy atom. The predicted molar refractivity (Wildman–Crippen MR) is 74.7 cm³/mol. The van der Waals surface area contributed by atoms with Crippen LogP contribution >= 0.6 is 11.6 Å². The van der Waals surface area contributed by atoms with Crippen molar-refractivity contribution in [2.75, 3.05) is 13.2 Å². The maximum Gasteiger partial charge on any atom is 0.242 e. The highest BCUT2D eigenvalue weighted by Gasteiger charge is 2.42. The van der Waals surface area contributed by atoms with Gasteiger partial charge in [-0.05, 0) is 42.9 Å². The molecule has 0 amide bonds. The molecule has 0 radical (unpaired) electrons. The van der Waals surface area contributed by atoms with Crippen LogP contribution in [0.5, 0.6) is 0 Å². The number of hydrogen-bond donors (Lipinski definition) is 2. The number of halogens is 1. The van der Waals surface area contributed by atoms with E-state index in [0.29, 0.717) is 6.42 Å². The first-order chi connectivity index (χ1) is 9.42. The molecule has 0 saturated heterocycles. The summed E-state index contributed by atoms with van der Waals surface area (Å²) in [7, 11) is -3.75. The largest absolute Gasteiger partial charge is 0.396 e. The van der Waals surface area contributed by atoms with Crippen molar-refractivity contribution < 1.29 is 13.5 Å². The van der Waals surface area contributed by atoms with Crippen LogP contribution in [0.3, 0.4) is 0 Å². The van der Waals surface area contributed by atoms with Crippen LogP contribution < -0.4 is 4.72 Å². The lowest BCUT2D eigenvalue weighted by Gasteiger charge is -2.15. The zero-order valence-electron chi connectivity index (χ0n) is 10.8. The zero-order chi connectivity index (χ0) is 14.8. The summed E-state index contributed by atoms with van der Waals surface area (Å²) in [5, 5.41) is 17.9. The van der Waals surface area contributed by atoms with Crippen LogP contribution in [0.1, 0.15) is 24.8 Å². The fourth-order valence-electron chi connectivity index (χ4n) is 2.03. The third-order valence-electron chi connectivity index (χ3n) is 3.59. The summed E-state index contributed by atoms with van der Waals surface area (Å²) in [4.78, 5) is -0.0852. The normalized spacial score (nSPS) is 16.6. The van der Waals surface area contributed by atoms with Crippen LogP contribution in [0.25, 0.3) is 0 Å². The van der Waals surface area contributed by atoms with Crippen LogP contribution in [-0.2, 0) is 10.0 Å². The van der Waals surface area contributed by atoms with Gasteiger partial charge in [0.1, 0.15) is 4.90 Å². The van der Waals surface area contributed by atoms with Gasteiger partial charge in [-0.25, -0.2) is 13.1 Å². The minimum Gasteiger partial charge on any atom is -0.396 e. The second kappa shape index (κ2) is 5.70. The number of rotatable bonds is 6. The minimum atomic E-state index is -3.75. The van der Waals surface area contributed by atoms with Gasteiger partial charge in [0.2, 0.25) is 10.0 Å². The maximum atomic E-state index is 12.2. The molecule has 7 heteroatoms. The highest BCUT2D eigenvalue weighted by atomic mass is 35.5. The van der Waals surface area contributed by atoms with Crippen molar-refractivity contribution in [1.29, 1.82) is 5.26 Å². The van der Waals surface area contributed by atoms with E-state index in [2.05, 4.69) is 4.72 Å². The molecule has 0 aliphatic heterocycles. The van der Waals surface area contributed by atoms with Crippen LogP contribution in [0.15, 0.2) is 23.1 Å². The van der Waals surface area contributed by atoms with E-state index in [1.165, 1.54) is 18.2 Å². The van der Waals surface area contributed by atoms with Crippen molar-refractivity contribution >= 4 is 21.6 Å². The number of benzene rings is 1. The summed E-state index contributed by atoms with van der Waals surface area (Å²) < 4.78 is 27.0. The lowest BCUT2D eigenvalue weighted by Crippen LogP contribution is -2.31. The Kier molecular flexibility index (Phi) is 4.35. The number of hydrogen-bond acceptors (Lipinski definition) is 4. The van der Waals surface area contributed by atoms with Crippen molar-refractivity contribution in [2.45, 2.75) is 24.2 Å². The Hall–Kier alpha value is -1.13. The number of aliphatic hydroxyl groups is 1. The molecule has 0 spiro atoms. The summed E-state index contributed by atoms with van der Waals surface area (Å²) in [6.07, 6.45) is 2.39. The van der Waals surface area contributed by atoms with E-state index < -0.39 is 10.0 Å². The first-order valence-electron chi connectivity index (χ1n) is 6.23. The van der Waals surface area contributed by atoms with E-state index in [1.807, 2.05) is 6.07 Å². The Labute approximate surface area is 123 Å². The smallest absolute Gasteiger partial charge is 0.242 e. The number of nitriles is 1. The second-order valence-corrected chi connectivity index (χ2v) is 7.20. The van der Waals surface area contributed by atoms with E-state index in [1.54, 1.807) is 0 Å². The highest BCUT2D eigenvalue weighted by molar-refractivity contribution is 7.89. The van der Waals surface area contributed by atoms with Gasteiger partial charge in [-0.1, -0.05) is 11.6 Å². The Balaban J connectivity index is 2.17. The van der Waals surface area contributed by atoms with Crippen molar-refractivity contribution in [2.24, 2.45) is 5.41 Å². The van der Waals surface area contributed by atoms with Gasteiger partial charge in [0.25, 0.3) is 0 Å². The van der Waals surface area contributed by atoms with Gasteiger partial charge in [-0.2, -0.15) is 5.26 Å². The van der Waals surface area contributed by atoms with E-state index in [-0.39, 0.29) is 34.0 Å². The third-order valence-corrected chi connectivity index (χ3v) is 5.47. The zero-order valence-corrected chi connectivity index (χ0v) is 12.3. The summed E-state index contributed by atoms with van der Waals surface area (Å²) in [5.74, 6) is 0. The van der Waals surface area contributed by atoms with Crippen molar-refractivity contribution in [3.63, 3.8) is 0 Å². The van der Waals surface area contributed by atoms with E-state index in [4.69, 9.17) is 22.0 Å². The third kappa shape index (κ3) is 3.30. The van der Waals surface area contributed by atoms with Crippen LogP contribution in [0, 0.1) is 16.7 Å². The minimum absolute atomic E-state index is 0.0480. The monoisotopic (exact) mass is 314 g/mol. The summed E-state index contributed by atoms with van der Waals surface area (Å²) in [6.45, 7) is 0.329. The van der Waals surface area contributed by atoms with Gasteiger partial charge in [-0.3, -0.25) is 0 Å². The van der Waals surface area contributed by atoms with Crippen molar-refractivity contribution in [3.8, 4) is 6.07 Å². The molecule has 1 aromatic rings. The van der Waals surface area contributed by atoms with Gasteiger partial charge < -0.3 is 5.11 Å². The number of nitrogens with zero attached hydrogens (tertiary/aromatic N) is 1. The molecule has 0 heterocycles. The van der Waals surface area contributed by atoms with Crippen LogP contribution in [-0.4, -0.2) is 26.7 Å². The van der Waals surface area contributed by atoms with Gasteiger partial charge >= 0.3 is 0 Å². The fourth-order valence-corrected chi connectivity index (χ4v) is 3.71. The van der Waals surface area contributed by atoms with Crippen molar-refractivity contribution in [1.82, 2.24) is 4.72 Å². The molecule has 0 bridgehead atoms. The average molecular weight is 315 g/mol. The molecule has 1 aliphatic rings. The van der Waals surface area contributed by atoms with Gasteiger partial charge in [0.15, 0.2) is 0 Å². The first-order valence-corrected chi connectivity index (χ1v) is 8.09. The predicted octanol–water partition coefficient (Wildman–Crippen LogP) is 1.65. The molecule has 2 N–H and O–H groups in total. The maximum absolute atomic E-state index is 12.2. The lowest BCUT2D eigenvalue weighted by molar-refractivity contribution is 0.249. The fraction of sp³-hybridized carbons (Fsp3) is 0.462. The van der Waals surface area contributed by atoms with Crippen LogP contribution in [0.2, 0.25) is 5.02 Å². The van der Waals surface area contributed by atoms with Gasteiger partial charge in [0.05, 0.1) is 16.7 Å². The molecule has 1 aromatic carbocycles. The van der Waals surface area contributed by atoms with Gasteiger partial charge in [0, 0.05) is 13.2 Å². The molecule has 2 rings (SSSR count). The molecule has 20 heavy (non-hydrogen) atoms. The van der Waals surface area contributed by atoms with Gasteiger partial charge in [-0.15, -0.1) is 0 Å².